The molecule has 0 saturated heterocycles. The number of hydrogen-bond acceptors (Lipinski definition) is 4. The molecule has 0 saturated carbocycles. The van der Waals surface area contributed by atoms with E-state index in [1.54, 1.807) is 23.5 Å². The molecular weight excluding hydrogens is 284 g/mol. The first-order chi connectivity index (χ1) is 9.95. The number of thiazole rings is 1. The van der Waals surface area contributed by atoms with Crippen LogP contribution in [0.4, 0.5) is 0 Å². The van der Waals surface area contributed by atoms with Gasteiger partial charge in [0.05, 0.1) is 16.3 Å². The summed E-state index contributed by atoms with van der Waals surface area (Å²) in [6.45, 7) is 5.87. The van der Waals surface area contributed by atoms with Crippen molar-refractivity contribution in [3.05, 3.63) is 51.5 Å². The standard InChI is InChI=1S/C16H20N2O2S/c1-11(2)15-17-14(10-21-15)9-18(3)8-12-4-6-13(7-5-12)16(19)20/h4-7,10-11H,8-9H2,1-3H3,(H,19,20). The second-order valence-corrected chi connectivity index (χ2v) is 6.40. The van der Waals surface area contributed by atoms with Gasteiger partial charge in [-0.2, -0.15) is 0 Å². The molecule has 1 aromatic carbocycles. The number of carbonyl (C=O) groups is 1. The van der Waals surface area contributed by atoms with E-state index in [1.165, 1.54) is 5.01 Å². The van der Waals surface area contributed by atoms with Crippen LogP contribution >= 0.6 is 11.3 Å². The highest BCUT2D eigenvalue weighted by Crippen LogP contribution is 2.20. The zero-order valence-corrected chi connectivity index (χ0v) is 13.4. The molecule has 0 unspecified atom stereocenters. The molecule has 1 aromatic heterocycles. The fourth-order valence-electron chi connectivity index (χ4n) is 2.06. The summed E-state index contributed by atoms with van der Waals surface area (Å²) in [6, 6.07) is 7.01. The monoisotopic (exact) mass is 304 g/mol. The van der Waals surface area contributed by atoms with Crippen molar-refractivity contribution in [2.75, 3.05) is 7.05 Å². The smallest absolute Gasteiger partial charge is 0.335 e. The van der Waals surface area contributed by atoms with E-state index in [1.807, 2.05) is 19.2 Å². The third kappa shape index (κ3) is 4.37. The van der Waals surface area contributed by atoms with Crippen molar-refractivity contribution < 1.29 is 9.90 Å². The highest BCUT2D eigenvalue weighted by atomic mass is 32.1. The molecule has 1 N–H and O–H groups in total. The van der Waals surface area contributed by atoms with Crippen molar-refractivity contribution in [1.82, 2.24) is 9.88 Å². The maximum Gasteiger partial charge on any atom is 0.335 e. The van der Waals surface area contributed by atoms with E-state index >= 15 is 0 Å². The largest absolute Gasteiger partial charge is 0.478 e. The number of rotatable bonds is 6. The molecule has 0 aliphatic heterocycles. The van der Waals surface area contributed by atoms with Crippen LogP contribution < -0.4 is 0 Å². The Labute approximate surface area is 129 Å². The average Bonchev–Trinajstić information content (AvgIpc) is 2.87. The van der Waals surface area contributed by atoms with Gasteiger partial charge in [-0.3, -0.25) is 4.90 Å². The van der Waals surface area contributed by atoms with Gasteiger partial charge in [0.25, 0.3) is 0 Å². The molecule has 0 amide bonds. The van der Waals surface area contributed by atoms with Crippen molar-refractivity contribution >= 4 is 17.3 Å². The van der Waals surface area contributed by atoms with Gasteiger partial charge in [-0.15, -0.1) is 11.3 Å². The first-order valence-electron chi connectivity index (χ1n) is 6.90. The third-order valence-electron chi connectivity index (χ3n) is 3.15. The lowest BCUT2D eigenvalue weighted by Crippen LogP contribution is -2.17. The Kier molecular flexibility index (Phi) is 5.09. The lowest BCUT2D eigenvalue weighted by molar-refractivity contribution is 0.0697. The maximum absolute atomic E-state index is 10.8. The number of carboxylic acids is 1. The highest BCUT2D eigenvalue weighted by molar-refractivity contribution is 7.09. The molecule has 5 heteroatoms. The molecule has 0 aliphatic carbocycles. The van der Waals surface area contributed by atoms with E-state index in [0.29, 0.717) is 11.5 Å². The van der Waals surface area contributed by atoms with Crippen LogP contribution in [0.5, 0.6) is 0 Å². The van der Waals surface area contributed by atoms with Crippen LogP contribution in [-0.2, 0) is 13.1 Å². The van der Waals surface area contributed by atoms with E-state index in [0.717, 1.165) is 24.3 Å². The summed E-state index contributed by atoms with van der Waals surface area (Å²) < 4.78 is 0. The number of carboxylic acid groups (broad SMARTS) is 1. The first kappa shape index (κ1) is 15.7. The summed E-state index contributed by atoms with van der Waals surface area (Å²) in [6.07, 6.45) is 0. The molecule has 0 atom stereocenters. The molecule has 0 radical (unpaired) electrons. The van der Waals surface area contributed by atoms with Crippen molar-refractivity contribution in [2.24, 2.45) is 0 Å². The van der Waals surface area contributed by atoms with Crippen LogP contribution in [-0.4, -0.2) is 28.0 Å². The Bertz CT molecular complexity index is 605. The molecule has 2 aromatic rings. The van der Waals surface area contributed by atoms with Crippen molar-refractivity contribution in [3.63, 3.8) is 0 Å². The number of nitrogens with zero attached hydrogens (tertiary/aromatic N) is 2. The Morgan fingerprint density at radius 2 is 1.95 bits per heavy atom. The second-order valence-electron chi connectivity index (χ2n) is 5.51. The molecule has 0 spiro atoms. The SMILES string of the molecule is CC(C)c1nc(CN(C)Cc2ccc(C(=O)O)cc2)cs1. The fraction of sp³-hybridized carbons (Fsp3) is 0.375. The van der Waals surface area contributed by atoms with Gasteiger partial charge >= 0.3 is 5.97 Å². The molecule has 0 fully saturated rings. The molecule has 1 heterocycles. The van der Waals surface area contributed by atoms with E-state index in [2.05, 4.69) is 29.1 Å². The number of aromatic carboxylic acids is 1. The Balaban J connectivity index is 1.94. The molecule has 21 heavy (non-hydrogen) atoms. The summed E-state index contributed by atoms with van der Waals surface area (Å²) in [5.74, 6) is -0.420. The summed E-state index contributed by atoms with van der Waals surface area (Å²) in [5, 5.41) is 12.2. The Hall–Kier alpha value is -1.72. The van der Waals surface area contributed by atoms with Gasteiger partial charge in [0.1, 0.15) is 0 Å². The van der Waals surface area contributed by atoms with Gasteiger partial charge < -0.3 is 5.11 Å². The molecule has 2 rings (SSSR count). The number of hydrogen-bond donors (Lipinski definition) is 1. The van der Waals surface area contributed by atoms with Crippen LogP contribution in [0.2, 0.25) is 0 Å². The quantitative estimate of drug-likeness (QED) is 0.886. The lowest BCUT2D eigenvalue weighted by Gasteiger charge is -2.15. The zero-order valence-electron chi connectivity index (χ0n) is 12.5. The average molecular weight is 304 g/mol. The molecule has 112 valence electrons. The predicted octanol–water partition coefficient (Wildman–Crippen LogP) is 3.60. The van der Waals surface area contributed by atoms with E-state index in [4.69, 9.17) is 5.11 Å². The topological polar surface area (TPSA) is 53.4 Å². The van der Waals surface area contributed by atoms with Gasteiger partial charge in [0, 0.05) is 24.4 Å². The van der Waals surface area contributed by atoms with Crippen LogP contribution in [0.15, 0.2) is 29.6 Å². The van der Waals surface area contributed by atoms with Crippen molar-refractivity contribution in [1.29, 1.82) is 0 Å². The second kappa shape index (κ2) is 6.83. The first-order valence-corrected chi connectivity index (χ1v) is 7.78. The minimum atomic E-state index is -0.890. The fourth-order valence-corrected chi connectivity index (χ4v) is 2.88. The Morgan fingerprint density at radius 1 is 1.29 bits per heavy atom. The lowest BCUT2D eigenvalue weighted by atomic mass is 10.1. The van der Waals surface area contributed by atoms with Crippen LogP contribution in [0.3, 0.4) is 0 Å². The van der Waals surface area contributed by atoms with Gasteiger partial charge in [0.2, 0.25) is 0 Å². The Morgan fingerprint density at radius 3 is 2.48 bits per heavy atom. The molecular formula is C16H20N2O2S. The van der Waals surface area contributed by atoms with Gasteiger partial charge in [0.15, 0.2) is 0 Å². The van der Waals surface area contributed by atoms with Crippen molar-refractivity contribution in [2.45, 2.75) is 32.9 Å². The minimum absolute atomic E-state index is 0.322. The van der Waals surface area contributed by atoms with Gasteiger partial charge in [-0.05, 0) is 24.7 Å². The van der Waals surface area contributed by atoms with E-state index < -0.39 is 5.97 Å². The maximum atomic E-state index is 10.8. The summed E-state index contributed by atoms with van der Waals surface area (Å²) >= 11 is 1.71. The summed E-state index contributed by atoms with van der Waals surface area (Å²) in [5.41, 5.74) is 2.51. The minimum Gasteiger partial charge on any atom is -0.478 e. The van der Waals surface area contributed by atoms with Crippen LogP contribution in [0.25, 0.3) is 0 Å². The van der Waals surface area contributed by atoms with Gasteiger partial charge in [-0.25, -0.2) is 9.78 Å². The summed E-state index contributed by atoms with van der Waals surface area (Å²) in [4.78, 5) is 17.6. The van der Waals surface area contributed by atoms with Gasteiger partial charge in [-0.1, -0.05) is 26.0 Å². The van der Waals surface area contributed by atoms with Crippen LogP contribution in [0, 0.1) is 0 Å². The zero-order chi connectivity index (χ0) is 15.4. The normalized spacial score (nSPS) is 11.3. The van der Waals surface area contributed by atoms with E-state index in [-0.39, 0.29) is 0 Å². The summed E-state index contributed by atoms with van der Waals surface area (Å²) in [7, 11) is 2.04. The van der Waals surface area contributed by atoms with Crippen LogP contribution in [0.1, 0.15) is 46.4 Å². The predicted molar refractivity (Wildman–Crippen MR) is 84.8 cm³/mol. The molecule has 4 nitrogen and oxygen atoms in total. The molecule has 0 bridgehead atoms. The number of aromatic nitrogens is 1. The highest BCUT2D eigenvalue weighted by Gasteiger charge is 2.09. The molecule has 0 aliphatic rings. The van der Waals surface area contributed by atoms with E-state index in [9.17, 15) is 4.79 Å². The number of benzene rings is 1. The van der Waals surface area contributed by atoms with Crippen molar-refractivity contribution in [3.8, 4) is 0 Å². The third-order valence-corrected chi connectivity index (χ3v) is 4.34.